The highest BCUT2D eigenvalue weighted by Gasteiger charge is 2.31. The van der Waals surface area contributed by atoms with Gasteiger partial charge >= 0.3 is 6.18 Å². The van der Waals surface area contributed by atoms with Gasteiger partial charge in [-0.05, 0) is 19.0 Å². The number of hydrogen-bond acceptors (Lipinski definition) is 4. The van der Waals surface area contributed by atoms with Gasteiger partial charge in [-0.25, -0.2) is 4.98 Å². The monoisotopic (exact) mass is 291 g/mol. The highest BCUT2D eigenvalue weighted by Crippen LogP contribution is 2.23. The van der Waals surface area contributed by atoms with Crippen molar-refractivity contribution in [3.8, 4) is 0 Å². The summed E-state index contributed by atoms with van der Waals surface area (Å²) in [6.07, 6.45) is -1.93. The van der Waals surface area contributed by atoms with Gasteiger partial charge in [0.25, 0.3) is 0 Å². The number of hydrogen-bond donors (Lipinski definition) is 2. The first kappa shape index (κ1) is 16.7. The van der Waals surface area contributed by atoms with E-state index in [0.717, 1.165) is 17.9 Å². The lowest BCUT2D eigenvalue weighted by Crippen LogP contribution is -2.37. The van der Waals surface area contributed by atoms with Crippen LogP contribution in [0.4, 0.5) is 19.0 Å². The third-order valence-electron chi connectivity index (χ3n) is 2.65. The summed E-state index contributed by atoms with van der Waals surface area (Å²) in [6.45, 7) is 1.68. The molecule has 0 saturated carbocycles. The van der Waals surface area contributed by atoms with Gasteiger partial charge in [-0.1, -0.05) is 13.0 Å². The minimum absolute atomic E-state index is 0.0999. The lowest BCUT2D eigenvalue weighted by molar-refractivity contribution is -0.120. The number of pyridine rings is 1. The zero-order chi connectivity index (χ0) is 15.0. The Morgan fingerprint density at radius 3 is 2.75 bits per heavy atom. The van der Waals surface area contributed by atoms with E-state index in [0.29, 0.717) is 12.1 Å². The minimum Gasteiger partial charge on any atom is -0.395 e. The normalized spacial score (nSPS) is 11.7. The van der Waals surface area contributed by atoms with Crippen molar-refractivity contribution in [2.45, 2.75) is 26.1 Å². The quantitative estimate of drug-likeness (QED) is 0.719. The molecule has 20 heavy (non-hydrogen) atoms. The molecule has 0 amide bonds. The maximum atomic E-state index is 12.6. The molecular formula is C13H20F3N3O. The molecule has 4 nitrogen and oxygen atoms in total. The number of aromatic nitrogens is 1. The van der Waals surface area contributed by atoms with Crippen LogP contribution in [0.1, 0.15) is 18.9 Å². The predicted molar refractivity (Wildman–Crippen MR) is 71.6 cm³/mol. The largest absolute Gasteiger partial charge is 0.405 e. The van der Waals surface area contributed by atoms with E-state index in [2.05, 4.69) is 10.3 Å². The average molecular weight is 291 g/mol. The van der Waals surface area contributed by atoms with Gasteiger partial charge in [0, 0.05) is 24.8 Å². The SMILES string of the molecule is CCCNCc1cccnc1N(CCO)CC(F)(F)F. The van der Waals surface area contributed by atoms with Gasteiger partial charge in [-0.2, -0.15) is 13.2 Å². The molecule has 0 aliphatic heterocycles. The molecule has 2 N–H and O–H groups in total. The summed E-state index contributed by atoms with van der Waals surface area (Å²) in [5.74, 6) is 0.266. The number of aliphatic hydroxyl groups excluding tert-OH is 1. The minimum atomic E-state index is -4.33. The van der Waals surface area contributed by atoms with Crippen LogP contribution >= 0.6 is 0 Å². The Kier molecular flexibility index (Phi) is 6.74. The van der Waals surface area contributed by atoms with Crippen molar-refractivity contribution in [1.29, 1.82) is 0 Å². The number of nitrogens with one attached hydrogen (secondary N) is 1. The molecule has 0 aliphatic carbocycles. The van der Waals surface area contributed by atoms with E-state index in [1.165, 1.54) is 6.20 Å². The van der Waals surface area contributed by atoms with Crippen LogP contribution in [0.2, 0.25) is 0 Å². The van der Waals surface area contributed by atoms with Gasteiger partial charge in [-0.3, -0.25) is 0 Å². The van der Waals surface area contributed by atoms with Crippen LogP contribution in [0.15, 0.2) is 18.3 Å². The second-order valence-corrected chi connectivity index (χ2v) is 4.42. The Morgan fingerprint density at radius 2 is 2.15 bits per heavy atom. The summed E-state index contributed by atoms with van der Waals surface area (Å²) >= 11 is 0. The van der Waals surface area contributed by atoms with Gasteiger partial charge in [0.1, 0.15) is 12.4 Å². The first-order valence-corrected chi connectivity index (χ1v) is 6.55. The van der Waals surface area contributed by atoms with Gasteiger partial charge in [0.05, 0.1) is 6.61 Å². The number of anilines is 1. The van der Waals surface area contributed by atoms with Crippen molar-refractivity contribution in [3.05, 3.63) is 23.9 Å². The molecule has 0 saturated heterocycles. The molecule has 0 fully saturated rings. The maximum absolute atomic E-state index is 12.6. The summed E-state index contributed by atoms with van der Waals surface area (Å²) in [4.78, 5) is 5.09. The highest BCUT2D eigenvalue weighted by atomic mass is 19.4. The molecule has 0 spiro atoms. The molecule has 0 bridgehead atoms. The van der Waals surface area contributed by atoms with Crippen LogP contribution in [0.5, 0.6) is 0 Å². The molecule has 0 atom stereocenters. The Balaban J connectivity index is 2.88. The van der Waals surface area contributed by atoms with E-state index in [1.54, 1.807) is 12.1 Å². The lowest BCUT2D eigenvalue weighted by Gasteiger charge is -2.26. The van der Waals surface area contributed by atoms with E-state index >= 15 is 0 Å². The van der Waals surface area contributed by atoms with Crippen LogP contribution in [-0.2, 0) is 6.54 Å². The molecule has 0 radical (unpaired) electrons. The lowest BCUT2D eigenvalue weighted by atomic mass is 10.2. The molecule has 0 aliphatic rings. The molecule has 0 unspecified atom stereocenters. The van der Waals surface area contributed by atoms with E-state index in [-0.39, 0.29) is 19.0 Å². The van der Waals surface area contributed by atoms with E-state index in [4.69, 9.17) is 5.11 Å². The zero-order valence-electron chi connectivity index (χ0n) is 11.5. The fourth-order valence-corrected chi connectivity index (χ4v) is 1.85. The van der Waals surface area contributed by atoms with Crippen molar-refractivity contribution in [1.82, 2.24) is 10.3 Å². The molecule has 1 aromatic rings. The van der Waals surface area contributed by atoms with Crippen molar-refractivity contribution < 1.29 is 18.3 Å². The Morgan fingerprint density at radius 1 is 1.40 bits per heavy atom. The fraction of sp³-hybridized carbons (Fsp3) is 0.615. The predicted octanol–water partition coefficient (Wildman–Crippen LogP) is 1.94. The summed E-state index contributed by atoms with van der Waals surface area (Å²) in [5, 5.41) is 12.1. The highest BCUT2D eigenvalue weighted by molar-refractivity contribution is 5.46. The van der Waals surface area contributed by atoms with Crippen molar-refractivity contribution in [2.75, 3.05) is 31.1 Å². The molecule has 0 aromatic carbocycles. The number of aliphatic hydroxyl groups is 1. The Labute approximate surface area is 116 Å². The van der Waals surface area contributed by atoms with Crippen LogP contribution in [0.25, 0.3) is 0 Å². The summed E-state index contributed by atoms with van der Waals surface area (Å²) < 4.78 is 37.8. The van der Waals surface area contributed by atoms with E-state index in [1.807, 2.05) is 6.92 Å². The van der Waals surface area contributed by atoms with Gasteiger partial charge in [0.2, 0.25) is 0 Å². The fourth-order valence-electron chi connectivity index (χ4n) is 1.85. The first-order chi connectivity index (χ1) is 9.48. The van der Waals surface area contributed by atoms with Crippen LogP contribution in [-0.4, -0.2) is 42.5 Å². The number of halogens is 3. The van der Waals surface area contributed by atoms with E-state index in [9.17, 15) is 13.2 Å². The van der Waals surface area contributed by atoms with E-state index < -0.39 is 12.7 Å². The van der Waals surface area contributed by atoms with Crippen LogP contribution < -0.4 is 10.2 Å². The molecule has 1 rings (SSSR count). The van der Waals surface area contributed by atoms with Gasteiger partial charge in [0.15, 0.2) is 0 Å². The van der Waals surface area contributed by atoms with Gasteiger partial charge in [-0.15, -0.1) is 0 Å². The number of rotatable bonds is 8. The summed E-state index contributed by atoms with van der Waals surface area (Å²) in [7, 11) is 0. The first-order valence-electron chi connectivity index (χ1n) is 6.55. The zero-order valence-corrected chi connectivity index (χ0v) is 11.5. The molecule has 1 heterocycles. The number of alkyl halides is 3. The molecular weight excluding hydrogens is 271 g/mol. The van der Waals surface area contributed by atoms with Crippen LogP contribution in [0.3, 0.4) is 0 Å². The van der Waals surface area contributed by atoms with Crippen molar-refractivity contribution in [3.63, 3.8) is 0 Å². The van der Waals surface area contributed by atoms with Gasteiger partial charge < -0.3 is 15.3 Å². The molecule has 114 valence electrons. The smallest absolute Gasteiger partial charge is 0.395 e. The summed E-state index contributed by atoms with van der Waals surface area (Å²) in [6, 6.07) is 3.43. The maximum Gasteiger partial charge on any atom is 0.405 e. The van der Waals surface area contributed by atoms with Crippen molar-refractivity contribution >= 4 is 5.82 Å². The Bertz CT molecular complexity index is 399. The summed E-state index contributed by atoms with van der Waals surface area (Å²) in [5.41, 5.74) is 0.693. The standard InChI is InChI=1S/C13H20F3N3O/c1-2-5-17-9-11-4-3-6-18-12(11)19(7-8-20)10-13(14,15)16/h3-4,6,17,20H,2,5,7-10H2,1H3. The second-order valence-electron chi connectivity index (χ2n) is 4.42. The topological polar surface area (TPSA) is 48.4 Å². The molecule has 7 heteroatoms. The second kappa shape index (κ2) is 8.06. The Hall–Kier alpha value is -1.34. The third-order valence-corrected chi connectivity index (χ3v) is 2.65. The van der Waals surface area contributed by atoms with Crippen molar-refractivity contribution in [2.24, 2.45) is 0 Å². The van der Waals surface area contributed by atoms with Crippen LogP contribution in [0, 0.1) is 0 Å². The third kappa shape index (κ3) is 5.75. The average Bonchev–Trinajstić information content (AvgIpc) is 2.38. The number of nitrogens with zero attached hydrogens (tertiary/aromatic N) is 2. The molecule has 1 aromatic heterocycles.